The zero-order chi connectivity index (χ0) is 16.7. The van der Waals surface area contributed by atoms with Gasteiger partial charge >= 0.3 is 0 Å². The number of likely N-dealkylation sites (tertiary alicyclic amines) is 1. The van der Waals surface area contributed by atoms with E-state index < -0.39 is 0 Å². The highest BCUT2D eigenvalue weighted by atomic mass is 19.1. The Morgan fingerprint density at radius 1 is 1.21 bits per heavy atom. The number of amides is 2. The van der Waals surface area contributed by atoms with E-state index in [0.29, 0.717) is 25.2 Å². The molecule has 1 spiro atoms. The number of carbonyl (C=O) groups is 2. The van der Waals surface area contributed by atoms with Gasteiger partial charge in [0.15, 0.2) is 0 Å². The van der Waals surface area contributed by atoms with E-state index in [2.05, 4.69) is 0 Å². The van der Waals surface area contributed by atoms with Gasteiger partial charge in [-0.3, -0.25) is 9.59 Å². The summed E-state index contributed by atoms with van der Waals surface area (Å²) in [6.07, 6.45) is 5.65. The van der Waals surface area contributed by atoms with Gasteiger partial charge in [-0.1, -0.05) is 18.9 Å². The summed E-state index contributed by atoms with van der Waals surface area (Å²) in [5, 5.41) is 0. The fourth-order valence-electron chi connectivity index (χ4n) is 4.60. The molecule has 1 aliphatic carbocycles. The Balaban J connectivity index is 1.47. The second-order valence-corrected chi connectivity index (χ2v) is 7.63. The van der Waals surface area contributed by atoms with Crippen LogP contribution in [0.5, 0.6) is 0 Å². The van der Waals surface area contributed by atoms with Gasteiger partial charge in [-0.05, 0) is 37.5 Å². The van der Waals surface area contributed by atoms with Crippen LogP contribution < -0.4 is 4.90 Å². The summed E-state index contributed by atoms with van der Waals surface area (Å²) in [7, 11) is 0. The van der Waals surface area contributed by atoms with Crippen molar-refractivity contribution in [3.63, 3.8) is 0 Å². The van der Waals surface area contributed by atoms with Gasteiger partial charge < -0.3 is 9.80 Å². The molecule has 4 nitrogen and oxygen atoms in total. The molecule has 3 aliphatic rings. The number of anilines is 1. The number of carbonyl (C=O) groups excluding carboxylic acids is 2. The maximum absolute atomic E-state index is 13.5. The van der Waals surface area contributed by atoms with Crippen LogP contribution in [-0.2, 0) is 9.59 Å². The normalized spacial score (nSPS) is 27.6. The Morgan fingerprint density at radius 3 is 2.75 bits per heavy atom. The molecule has 0 bridgehead atoms. The molecule has 2 heterocycles. The second kappa shape index (κ2) is 5.87. The first-order valence-corrected chi connectivity index (χ1v) is 8.91. The van der Waals surface area contributed by atoms with Gasteiger partial charge in [-0.2, -0.15) is 0 Å². The summed E-state index contributed by atoms with van der Waals surface area (Å²) >= 11 is 0. The quantitative estimate of drug-likeness (QED) is 0.836. The molecule has 2 saturated heterocycles. The van der Waals surface area contributed by atoms with Crippen molar-refractivity contribution < 1.29 is 14.0 Å². The molecule has 4 rings (SSSR count). The van der Waals surface area contributed by atoms with Crippen LogP contribution >= 0.6 is 0 Å². The van der Waals surface area contributed by atoms with Crippen LogP contribution in [0.2, 0.25) is 0 Å². The third-order valence-corrected chi connectivity index (χ3v) is 5.90. The highest BCUT2D eigenvalue weighted by Gasteiger charge is 2.49. The average Bonchev–Trinajstić information content (AvgIpc) is 3.28. The summed E-state index contributed by atoms with van der Waals surface area (Å²) in [5.74, 6) is 0.180. The zero-order valence-electron chi connectivity index (χ0n) is 13.8. The molecule has 1 saturated carbocycles. The van der Waals surface area contributed by atoms with Crippen LogP contribution in [0.4, 0.5) is 10.1 Å². The lowest BCUT2D eigenvalue weighted by molar-refractivity contribution is -0.134. The second-order valence-electron chi connectivity index (χ2n) is 7.63. The average molecular weight is 330 g/mol. The smallest absolute Gasteiger partial charge is 0.227 e. The molecule has 0 unspecified atom stereocenters. The van der Waals surface area contributed by atoms with Crippen LogP contribution in [0.3, 0.4) is 0 Å². The van der Waals surface area contributed by atoms with E-state index in [-0.39, 0.29) is 29.0 Å². The fraction of sp³-hybridized carbons (Fsp3) is 0.579. The summed E-state index contributed by atoms with van der Waals surface area (Å²) in [4.78, 5) is 28.8. The van der Waals surface area contributed by atoms with Crippen LogP contribution in [0, 0.1) is 17.2 Å². The van der Waals surface area contributed by atoms with Crippen molar-refractivity contribution in [3.8, 4) is 0 Å². The molecule has 5 heteroatoms. The van der Waals surface area contributed by atoms with Crippen molar-refractivity contribution >= 4 is 17.5 Å². The molecule has 2 amide bonds. The lowest BCUT2D eigenvalue weighted by atomic mass is 9.86. The van der Waals surface area contributed by atoms with Gasteiger partial charge in [0.1, 0.15) is 5.82 Å². The highest BCUT2D eigenvalue weighted by molar-refractivity contribution is 5.96. The summed E-state index contributed by atoms with van der Waals surface area (Å²) in [6.45, 7) is 2.00. The predicted molar refractivity (Wildman–Crippen MR) is 89.0 cm³/mol. The predicted octanol–water partition coefficient (Wildman–Crippen LogP) is 2.97. The van der Waals surface area contributed by atoms with Crippen molar-refractivity contribution in [2.75, 3.05) is 24.5 Å². The third-order valence-electron chi connectivity index (χ3n) is 5.90. The van der Waals surface area contributed by atoms with Crippen LogP contribution in [0.25, 0.3) is 0 Å². The summed E-state index contributed by atoms with van der Waals surface area (Å²) < 4.78 is 13.5. The van der Waals surface area contributed by atoms with E-state index in [1.165, 1.54) is 12.1 Å². The maximum atomic E-state index is 13.5. The minimum Gasteiger partial charge on any atom is -0.342 e. The first kappa shape index (κ1) is 15.6. The van der Waals surface area contributed by atoms with Crippen LogP contribution in [-0.4, -0.2) is 36.3 Å². The van der Waals surface area contributed by atoms with Gasteiger partial charge in [0.05, 0.1) is 0 Å². The molecule has 3 fully saturated rings. The van der Waals surface area contributed by atoms with Crippen molar-refractivity contribution in [2.45, 2.75) is 38.5 Å². The summed E-state index contributed by atoms with van der Waals surface area (Å²) in [6, 6.07) is 6.20. The van der Waals surface area contributed by atoms with Crippen molar-refractivity contribution in [3.05, 3.63) is 30.1 Å². The number of rotatable bonds is 2. The Kier molecular flexibility index (Phi) is 3.82. The molecule has 1 aromatic carbocycles. The van der Waals surface area contributed by atoms with Crippen LogP contribution in [0.15, 0.2) is 24.3 Å². The third kappa shape index (κ3) is 2.70. The first-order valence-electron chi connectivity index (χ1n) is 8.91. The molecule has 24 heavy (non-hydrogen) atoms. The molecule has 1 atom stereocenters. The Labute approximate surface area is 141 Å². The van der Waals surface area contributed by atoms with Crippen LogP contribution in [0.1, 0.15) is 38.5 Å². The fourth-order valence-corrected chi connectivity index (χ4v) is 4.60. The maximum Gasteiger partial charge on any atom is 0.227 e. The Morgan fingerprint density at radius 2 is 2.00 bits per heavy atom. The Bertz CT molecular complexity index is 671. The van der Waals surface area contributed by atoms with E-state index in [0.717, 1.165) is 38.6 Å². The van der Waals surface area contributed by atoms with E-state index in [9.17, 15) is 14.0 Å². The lowest BCUT2D eigenvalue weighted by Crippen LogP contribution is -2.36. The summed E-state index contributed by atoms with van der Waals surface area (Å²) in [5.41, 5.74) is 0.468. The van der Waals surface area contributed by atoms with Crippen molar-refractivity contribution in [1.82, 2.24) is 4.90 Å². The number of nitrogens with zero attached hydrogens (tertiary/aromatic N) is 2. The monoisotopic (exact) mass is 330 g/mol. The van der Waals surface area contributed by atoms with Gasteiger partial charge in [0, 0.05) is 43.1 Å². The molecule has 0 radical (unpaired) electrons. The minimum atomic E-state index is -0.328. The highest BCUT2D eigenvalue weighted by Crippen LogP contribution is 2.42. The van der Waals surface area contributed by atoms with E-state index >= 15 is 0 Å². The van der Waals surface area contributed by atoms with Crippen molar-refractivity contribution in [1.29, 1.82) is 0 Å². The van der Waals surface area contributed by atoms with Gasteiger partial charge in [0.2, 0.25) is 11.8 Å². The van der Waals surface area contributed by atoms with Gasteiger partial charge in [-0.25, -0.2) is 4.39 Å². The largest absolute Gasteiger partial charge is 0.342 e. The Hall–Kier alpha value is -1.91. The molecule has 128 valence electrons. The van der Waals surface area contributed by atoms with E-state index in [1.54, 1.807) is 17.0 Å². The molecule has 2 aliphatic heterocycles. The zero-order valence-corrected chi connectivity index (χ0v) is 13.8. The first-order chi connectivity index (χ1) is 11.6. The minimum absolute atomic E-state index is 0.0377. The molecule has 0 N–H and O–H groups in total. The van der Waals surface area contributed by atoms with Crippen molar-refractivity contribution in [2.24, 2.45) is 11.3 Å². The molecule has 1 aromatic rings. The lowest BCUT2D eigenvalue weighted by Gasteiger charge is -2.25. The molecule has 0 aromatic heterocycles. The standard InChI is InChI=1S/C19H23FN2O2/c20-15-6-3-7-16(10-15)22-13-19(11-17(22)23)8-9-21(12-19)18(24)14-4-1-2-5-14/h3,6-7,10,14H,1-2,4-5,8-9,11-13H2/t19-/m0/s1. The number of hydrogen-bond acceptors (Lipinski definition) is 2. The SMILES string of the molecule is O=C(C1CCCC1)N1CC[C@]2(CC(=O)N(c3cccc(F)c3)C2)C1. The molecular weight excluding hydrogens is 307 g/mol. The number of benzene rings is 1. The van der Waals surface area contributed by atoms with Gasteiger partial charge in [-0.15, -0.1) is 0 Å². The topological polar surface area (TPSA) is 40.6 Å². The van der Waals surface area contributed by atoms with Gasteiger partial charge in [0.25, 0.3) is 0 Å². The number of hydrogen-bond donors (Lipinski definition) is 0. The van der Waals surface area contributed by atoms with E-state index in [1.807, 2.05) is 4.90 Å². The number of halogens is 1. The van der Waals surface area contributed by atoms with E-state index in [4.69, 9.17) is 0 Å². The molecular formula is C19H23FN2O2.